The topological polar surface area (TPSA) is 100 Å². The lowest BCUT2D eigenvalue weighted by atomic mass is 10.2. The average molecular weight is 393 g/mol. The molecule has 0 aliphatic carbocycles. The Hall–Kier alpha value is -2.39. The van der Waals surface area contributed by atoms with Crippen molar-refractivity contribution in [3.63, 3.8) is 0 Å². The molecule has 1 heterocycles. The number of aromatic nitrogens is 1. The third-order valence-corrected chi connectivity index (χ3v) is 5.11. The maximum Gasteiger partial charge on any atom is 0.234 e. The zero-order valence-corrected chi connectivity index (χ0v) is 16.1. The molecule has 1 aromatic heterocycles. The standard InChI is InChI=1S/C17H20N4O3S2/c1-3-18-15(23)8-14-9-25-17(21-14)26-10-16(24)20-13-6-4-5-12(7-13)19-11(2)22/h4-7,9H,3,8,10H2,1-2H3,(H,18,23)(H,19,22)(H,20,24). The zero-order chi connectivity index (χ0) is 18.9. The first-order valence-corrected chi connectivity index (χ1v) is 9.84. The van der Waals surface area contributed by atoms with Gasteiger partial charge in [0.15, 0.2) is 4.34 Å². The van der Waals surface area contributed by atoms with Gasteiger partial charge in [-0.3, -0.25) is 14.4 Å². The number of rotatable bonds is 8. The van der Waals surface area contributed by atoms with Crippen molar-refractivity contribution < 1.29 is 14.4 Å². The monoisotopic (exact) mass is 392 g/mol. The smallest absolute Gasteiger partial charge is 0.234 e. The summed E-state index contributed by atoms with van der Waals surface area (Å²) < 4.78 is 0.742. The molecular weight excluding hydrogens is 372 g/mol. The second kappa shape index (κ2) is 9.93. The average Bonchev–Trinajstić information content (AvgIpc) is 3.00. The minimum atomic E-state index is -0.171. The Kier molecular flexibility index (Phi) is 7.61. The fourth-order valence-corrected chi connectivity index (χ4v) is 3.71. The van der Waals surface area contributed by atoms with Gasteiger partial charge in [-0.2, -0.15) is 0 Å². The van der Waals surface area contributed by atoms with Crippen molar-refractivity contribution in [2.75, 3.05) is 22.9 Å². The number of benzene rings is 1. The van der Waals surface area contributed by atoms with Crippen LogP contribution < -0.4 is 16.0 Å². The van der Waals surface area contributed by atoms with Gasteiger partial charge in [-0.15, -0.1) is 11.3 Å². The first-order chi connectivity index (χ1) is 12.5. The zero-order valence-electron chi connectivity index (χ0n) is 14.5. The summed E-state index contributed by atoms with van der Waals surface area (Å²) in [5.74, 6) is -0.198. The molecule has 0 atom stereocenters. The molecule has 0 radical (unpaired) electrons. The van der Waals surface area contributed by atoms with Crippen LogP contribution >= 0.6 is 23.1 Å². The number of nitrogens with one attached hydrogen (secondary N) is 3. The van der Waals surface area contributed by atoms with E-state index in [0.29, 0.717) is 23.6 Å². The van der Waals surface area contributed by atoms with Crippen molar-refractivity contribution in [3.05, 3.63) is 35.3 Å². The molecule has 7 nitrogen and oxygen atoms in total. The van der Waals surface area contributed by atoms with Crippen LogP contribution in [0.3, 0.4) is 0 Å². The van der Waals surface area contributed by atoms with E-state index in [1.165, 1.54) is 30.0 Å². The summed E-state index contributed by atoms with van der Waals surface area (Å²) in [5.41, 5.74) is 1.93. The van der Waals surface area contributed by atoms with Gasteiger partial charge < -0.3 is 16.0 Å². The molecule has 0 bridgehead atoms. The molecule has 3 N–H and O–H groups in total. The summed E-state index contributed by atoms with van der Waals surface area (Å²) in [6.45, 7) is 3.88. The van der Waals surface area contributed by atoms with Gasteiger partial charge in [-0.1, -0.05) is 17.8 Å². The maximum absolute atomic E-state index is 12.1. The Balaban J connectivity index is 1.83. The molecule has 1 aromatic carbocycles. The van der Waals surface area contributed by atoms with Crippen molar-refractivity contribution >= 4 is 52.2 Å². The van der Waals surface area contributed by atoms with E-state index < -0.39 is 0 Å². The Bertz CT molecular complexity index is 792. The van der Waals surface area contributed by atoms with Gasteiger partial charge in [0.1, 0.15) is 0 Å². The SMILES string of the molecule is CCNC(=O)Cc1csc(SCC(=O)Nc2cccc(NC(C)=O)c2)n1. The number of hydrogen-bond donors (Lipinski definition) is 3. The lowest BCUT2D eigenvalue weighted by Crippen LogP contribution is -2.24. The summed E-state index contributed by atoms with van der Waals surface area (Å²) in [6.07, 6.45) is 0.243. The number of anilines is 2. The highest BCUT2D eigenvalue weighted by Crippen LogP contribution is 2.23. The van der Waals surface area contributed by atoms with Gasteiger partial charge in [0.2, 0.25) is 17.7 Å². The Morgan fingerprint density at radius 1 is 1.15 bits per heavy atom. The van der Waals surface area contributed by atoms with Gasteiger partial charge in [0.05, 0.1) is 17.9 Å². The Morgan fingerprint density at radius 2 is 1.88 bits per heavy atom. The van der Waals surface area contributed by atoms with Crippen LogP contribution in [0.25, 0.3) is 0 Å². The highest BCUT2D eigenvalue weighted by molar-refractivity contribution is 8.01. The van der Waals surface area contributed by atoms with Crippen molar-refractivity contribution in [1.82, 2.24) is 10.3 Å². The maximum atomic E-state index is 12.1. The minimum Gasteiger partial charge on any atom is -0.356 e. The molecular formula is C17H20N4O3S2. The lowest BCUT2D eigenvalue weighted by molar-refractivity contribution is -0.120. The van der Waals surface area contributed by atoms with Crippen molar-refractivity contribution in [2.45, 2.75) is 24.6 Å². The molecule has 9 heteroatoms. The second-order valence-electron chi connectivity index (χ2n) is 5.33. The predicted octanol–water partition coefficient (Wildman–Crippen LogP) is 2.51. The lowest BCUT2D eigenvalue weighted by Gasteiger charge is -2.07. The van der Waals surface area contributed by atoms with Gasteiger partial charge in [-0.05, 0) is 25.1 Å². The van der Waals surface area contributed by atoms with Crippen LogP contribution in [0.15, 0.2) is 34.0 Å². The number of amides is 3. The van der Waals surface area contributed by atoms with E-state index in [1.807, 2.05) is 12.3 Å². The molecule has 26 heavy (non-hydrogen) atoms. The number of carbonyl (C=O) groups is 3. The summed E-state index contributed by atoms with van der Waals surface area (Å²) >= 11 is 2.73. The third-order valence-electron chi connectivity index (χ3n) is 3.04. The van der Waals surface area contributed by atoms with E-state index in [4.69, 9.17) is 0 Å². The number of nitrogens with zero attached hydrogens (tertiary/aromatic N) is 1. The molecule has 3 amide bonds. The number of likely N-dealkylation sites (N-methyl/N-ethyl adjacent to an activating group) is 1. The van der Waals surface area contributed by atoms with Gasteiger partial charge >= 0.3 is 0 Å². The summed E-state index contributed by atoms with van der Waals surface area (Å²) in [5, 5.41) is 10.0. The Labute approximate surface area is 160 Å². The van der Waals surface area contributed by atoms with Gasteiger partial charge in [-0.25, -0.2) is 4.98 Å². The molecule has 0 saturated heterocycles. The number of hydrogen-bond acceptors (Lipinski definition) is 6. The first-order valence-electron chi connectivity index (χ1n) is 7.97. The van der Waals surface area contributed by atoms with E-state index in [1.54, 1.807) is 24.3 Å². The summed E-state index contributed by atoms with van der Waals surface area (Å²) in [4.78, 5) is 39.1. The first kappa shape index (κ1) is 19.9. The highest BCUT2D eigenvalue weighted by atomic mass is 32.2. The van der Waals surface area contributed by atoms with Crippen LogP contribution in [-0.4, -0.2) is 35.0 Å². The van der Waals surface area contributed by atoms with E-state index >= 15 is 0 Å². The van der Waals surface area contributed by atoms with Crippen LogP contribution in [0.5, 0.6) is 0 Å². The Morgan fingerprint density at radius 3 is 2.58 bits per heavy atom. The van der Waals surface area contributed by atoms with Crippen molar-refractivity contribution in [3.8, 4) is 0 Å². The molecule has 138 valence electrons. The predicted molar refractivity (Wildman–Crippen MR) is 105 cm³/mol. The van der Waals surface area contributed by atoms with E-state index in [-0.39, 0.29) is 29.9 Å². The largest absolute Gasteiger partial charge is 0.356 e. The van der Waals surface area contributed by atoms with E-state index in [0.717, 1.165) is 4.34 Å². The van der Waals surface area contributed by atoms with Crippen molar-refractivity contribution in [1.29, 1.82) is 0 Å². The quantitative estimate of drug-likeness (QED) is 0.600. The van der Waals surface area contributed by atoms with Gasteiger partial charge in [0.25, 0.3) is 0 Å². The van der Waals surface area contributed by atoms with Crippen LogP contribution in [0, 0.1) is 0 Å². The number of thiazole rings is 1. The molecule has 2 aromatic rings. The summed E-state index contributed by atoms with van der Waals surface area (Å²) in [7, 11) is 0. The third kappa shape index (κ3) is 6.85. The second-order valence-corrected chi connectivity index (χ2v) is 7.41. The molecule has 0 saturated carbocycles. The fraction of sp³-hybridized carbons (Fsp3) is 0.294. The molecule has 0 spiro atoms. The van der Waals surface area contributed by atoms with Crippen LogP contribution in [0.1, 0.15) is 19.5 Å². The molecule has 2 rings (SSSR count). The molecule has 0 aliphatic heterocycles. The molecule has 0 unspecified atom stereocenters. The van der Waals surface area contributed by atoms with E-state index in [2.05, 4.69) is 20.9 Å². The molecule has 0 fully saturated rings. The fourth-order valence-electron chi connectivity index (χ4n) is 2.06. The number of carbonyl (C=O) groups excluding carboxylic acids is 3. The molecule has 0 aliphatic rings. The van der Waals surface area contributed by atoms with Gasteiger partial charge in [0, 0.05) is 30.2 Å². The van der Waals surface area contributed by atoms with Crippen molar-refractivity contribution in [2.24, 2.45) is 0 Å². The summed E-state index contributed by atoms with van der Waals surface area (Å²) in [6, 6.07) is 6.94. The van der Waals surface area contributed by atoms with Crippen LogP contribution in [0.4, 0.5) is 11.4 Å². The van der Waals surface area contributed by atoms with Crippen LogP contribution in [-0.2, 0) is 20.8 Å². The minimum absolute atomic E-state index is 0.0638. The highest BCUT2D eigenvalue weighted by Gasteiger charge is 2.10. The normalized spacial score (nSPS) is 10.2. The van der Waals surface area contributed by atoms with E-state index in [9.17, 15) is 14.4 Å². The number of thioether (sulfide) groups is 1. The van der Waals surface area contributed by atoms with Crippen LogP contribution in [0.2, 0.25) is 0 Å².